The minimum atomic E-state index is -4.60. The van der Waals surface area contributed by atoms with E-state index in [1.54, 1.807) is 22.4 Å². The van der Waals surface area contributed by atoms with Crippen molar-refractivity contribution in [2.75, 3.05) is 18.0 Å². The van der Waals surface area contributed by atoms with Crippen molar-refractivity contribution in [2.45, 2.75) is 29.3 Å². The second kappa shape index (κ2) is 7.50. The number of alkyl halides is 3. The summed E-state index contributed by atoms with van der Waals surface area (Å²) in [5, 5.41) is 10.6. The highest BCUT2D eigenvalue weighted by Crippen LogP contribution is 2.35. The molecule has 0 spiro atoms. The Bertz CT molecular complexity index is 943. The van der Waals surface area contributed by atoms with E-state index in [4.69, 9.17) is 5.26 Å². The predicted molar refractivity (Wildman–Crippen MR) is 96.0 cm³/mol. The minimum absolute atomic E-state index is 0.242. The Morgan fingerprint density at radius 1 is 1.22 bits per heavy atom. The number of nitrogens with one attached hydrogen (secondary N) is 1. The SMILES string of the molecule is N#Cc1ccc(N2CCC(NS(=O)(=O)c3cccs3)CC2)cc1C(F)(F)F. The molecule has 2 aromatic rings. The molecular formula is C17H16F3N3O2S2. The van der Waals surface area contributed by atoms with Crippen LogP contribution in [-0.2, 0) is 16.2 Å². The third-order valence-electron chi connectivity index (χ3n) is 4.37. The van der Waals surface area contributed by atoms with Crippen LogP contribution in [0, 0.1) is 11.3 Å². The van der Waals surface area contributed by atoms with E-state index in [-0.39, 0.29) is 10.3 Å². The van der Waals surface area contributed by atoms with Crippen LogP contribution in [0.15, 0.2) is 39.9 Å². The van der Waals surface area contributed by atoms with Gasteiger partial charge in [-0.15, -0.1) is 11.3 Å². The molecule has 10 heteroatoms. The lowest BCUT2D eigenvalue weighted by atomic mass is 10.0. The zero-order chi connectivity index (χ0) is 19.7. The molecule has 1 aromatic carbocycles. The zero-order valence-electron chi connectivity index (χ0n) is 14.0. The molecule has 0 bridgehead atoms. The number of hydrogen-bond acceptors (Lipinski definition) is 5. The van der Waals surface area contributed by atoms with Gasteiger partial charge < -0.3 is 4.90 Å². The summed E-state index contributed by atoms with van der Waals surface area (Å²) in [6, 6.07) is 8.12. The molecular weight excluding hydrogens is 399 g/mol. The summed E-state index contributed by atoms with van der Waals surface area (Å²) in [6.07, 6.45) is -3.65. The molecule has 1 saturated heterocycles. The zero-order valence-corrected chi connectivity index (χ0v) is 15.7. The van der Waals surface area contributed by atoms with Gasteiger partial charge in [0.05, 0.1) is 17.2 Å². The summed E-state index contributed by atoms with van der Waals surface area (Å²) in [5.41, 5.74) is -0.992. The van der Waals surface area contributed by atoms with Gasteiger partial charge in [-0.25, -0.2) is 13.1 Å². The Balaban J connectivity index is 1.69. The summed E-state index contributed by atoms with van der Waals surface area (Å²) >= 11 is 1.13. The first-order valence-electron chi connectivity index (χ1n) is 8.13. The third-order valence-corrected chi connectivity index (χ3v) is 7.29. The van der Waals surface area contributed by atoms with Gasteiger partial charge in [0.2, 0.25) is 10.0 Å². The molecule has 0 unspecified atom stereocenters. The summed E-state index contributed by atoms with van der Waals surface area (Å²) in [7, 11) is -3.57. The van der Waals surface area contributed by atoms with E-state index >= 15 is 0 Å². The van der Waals surface area contributed by atoms with Crippen molar-refractivity contribution in [3.63, 3.8) is 0 Å². The second-order valence-electron chi connectivity index (χ2n) is 6.15. The van der Waals surface area contributed by atoms with Gasteiger partial charge in [-0.2, -0.15) is 18.4 Å². The van der Waals surface area contributed by atoms with Crippen LogP contribution in [0.25, 0.3) is 0 Å². The van der Waals surface area contributed by atoms with E-state index in [9.17, 15) is 21.6 Å². The number of hydrogen-bond donors (Lipinski definition) is 1. The maximum Gasteiger partial charge on any atom is 0.417 e. The highest BCUT2D eigenvalue weighted by Gasteiger charge is 2.34. The molecule has 144 valence electrons. The van der Waals surface area contributed by atoms with E-state index < -0.39 is 27.3 Å². The number of benzene rings is 1. The van der Waals surface area contributed by atoms with Crippen molar-refractivity contribution in [1.82, 2.24) is 4.72 Å². The lowest BCUT2D eigenvalue weighted by Gasteiger charge is -2.34. The summed E-state index contributed by atoms with van der Waals surface area (Å²) in [4.78, 5) is 1.77. The lowest BCUT2D eigenvalue weighted by molar-refractivity contribution is -0.137. The van der Waals surface area contributed by atoms with Crippen LogP contribution in [0.2, 0.25) is 0 Å². The minimum Gasteiger partial charge on any atom is -0.371 e. The standard InChI is InChI=1S/C17H16F3N3O2S2/c18-17(19,20)15-10-14(4-3-12(15)11-21)23-7-5-13(6-8-23)22-27(24,25)16-2-1-9-26-16/h1-4,9-10,13,22H,5-8H2. The molecule has 0 atom stereocenters. The first-order chi connectivity index (χ1) is 12.7. The van der Waals surface area contributed by atoms with Crippen molar-refractivity contribution in [3.8, 4) is 6.07 Å². The molecule has 3 rings (SSSR count). The molecule has 1 N–H and O–H groups in total. The van der Waals surface area contributed by atoms with Gasteiger partial charge >= 0.3 is 6.18 Å². The van der Waals surface area contributed by atoms with Crippen molar-refractivity contribution in [2.24, 2.45) is 0 Å². The van der Waals surface area contributed by atoms with Crippen molar-refractivity contribution < 1.29 is 21.6 Å². The molecule has 0 radical (unpaired) electrons. The van der Waals surface area contributed by atoms with E-state index in [0.29, 0.717) is 31.6 Å². The predicted octanol–water partition coefficient (Wildman–Crippen LogP) is 3.59. The van der Waals surface area contributed by atoms with Gasteiger partial charge in [-0.3, -0.25) is 0 Å². The molecule has 27 heavy (non-hydrogen) atoms. The van der Waals surface area contributed by atoms with Gasteiger partial charge in [-0.1, -0.05) is 6.07 Å². The van der Waals surface area contributed by atoms with Crippen LogP contribution in [0.4, 0.5) is 18.9 Å². The number of halogens is 3. The summed E-state index contributed by atoms with van der Waals surface area (Å²) in [5.74, 6) is 0. The van der Waals surface area contributed by atoms with Crippen LogP contribution in [-0.4, -0.2) is 27.5 Å². The van der Waals surface area contributed by atoms with E-state index in [0.717, 1.165) is 17.4 Å². The summed E-state index contributed by atoms with van der Waals surface area (Å²) in [6.45, 7) is 0.835. The van der Waals surface area contributed by atoms with Gasteiger partial charge in [0.25, 0.3) is 0 Å². The van der Waals surface area contributed by atoms with Crippen LogP contribution in [0.1, 0.15) is 24.0 Å². The summed E-state index contributed by atoms with van der Waals surface area (Å²) < 4.78 is 66.8. The van der Waals surface area contributed by atoms with Crippen LogP contribution in [0.3, 0.4) is 0 Å². The van der Waals surface area contributed by atoms with Gasteiger partial charge in [0, 0.05) is 24.8 Å². The lowest BCUT2D eigenvalue weighted by Crippen LogP contribution is -2.44. The quantitative estimate of drug-likeness (QED) is 0.828. The molecule has 0 amide bonds. The Morgan fingerprint density at radius 2 is 1.93 bits per heavy atom. The van der Waals surface area contributed by atoms with Gasteiger partial charge in [-0.05, 0) is 42.5 Å². The topological polar surface area (TPSA) is 73.2 Å². The maximum absolute atomic E-state index is 13.1. The Morgan fingerprint density at radius 3 is 2.48 bits per heavy atom. The fourth-order valence-corrected chi connectivity index (χ4v) is 5.32. The smallest absolute Gasteiger partial charge is 0.371 e. The number of anilines is 1. The fraction of sp³-hybridized carbons (Fsp3) is 0.353. The van der Waals surface area contributed by atoms with Crippen LogP contribution >= 0.6 is 11.3 Å². The third kappa shape index (κ3) is 4.43. The van der Waals surface area contributed by atoms with Crippen LogP contribution < -0.4 is 9.62 Å². The average Bonchev–Trinajstić information content (AvgIpc) is 3.16. The van der Waals surface area contributed by atoms with Crippen molar-refractivity contribution >= 4 is 27.0 Å². The Labute approximate surface area is 159 Å². The van der Waals surface area contributed by atoms with E-state index in [2.05, 4.69) is 4.72 Å². The van der Waals surface area contributed by atoms with Crippen molar-refractivity contribution in [1.29, 1.82) is 5.26 Å². The highest BCUT2D eigenvalue weighted by atomic mass is 32.2. The number of piperidine rings is 1. The molecule has 0 saturated carbocycles. The molecule has 5 nitrogen and oxygen atoms in total. The number of thiophene rings is 1. The number of sulfonamides is 1. The Hall–Kier alpha value is -2.09. The monoisotopic (exact) mass is 415 g/mol. The average molecular weight is 415 g/mol. The number of rotatable bonds is 4. The Kier molecular flexibility index (Phi) is 5.46. The van der Waals surface area contributed by atoms with E-state index in [1.165, 1.54) is 18.2 Å². The first kappa shape index (κ1) is 19.7. The molecule has 1 aliphatic heterocycles. The maximum atomic E-state index is 13.1. The first-order valence-corrected chi connectivity index (χ1v) is 10.5. The van der Waals surface area contributed by atoms with Crippen LogP contribution in [0.5, 0.6) is 0 Å². The number of nitrogens with zero attached hydrogens (tertiary/aromatic N) is 2. The molecule has 1 aliphatic rings. The molecule has 0 aliphatic carbocycles. The molecule has 1 aromatic heterocycles. The second-order valence-corrected chi connectivity index (χ2v) is 9.04. The van der Waals surface area contributed by atoms with Crippen molar-refractivity contribution in [3.05, 3.63) is 46.8 Å². The fourth-order valence-electron chi connectivity index (χ4n) is 3.01. The highest BCUT2D eigenvalue weighted by molar-refractivity contribution is 7.91. The van der Waals surface area contributed by atoms with Gasteiger partial charge in [0.1, 0.15) is 4.21 Å². The molecule has 2 heterocycles. The van der Waals surface area contributed by atoms with Gasteiger partial charge in [0.15, 0.2) is 0 Å². The normalized spacial score (nSPS) is 16.3. The number of nitriles is 1. The van der Waals surface area contributed by atoms with E-state index in [1.807, 2.05) is 0 Å². The largest absolute Gasteiger partial charge is 0.417 e. The molecule has 1 fully saturated rings.